The smallest absolute Gasteiger partial charge is 0.265 e. The highest BCUT2D eigenvalue weighted by Crippen LogP contribution is 2.26. The number of aromatic nitrogens is 3. The van der Waals surface area contributed by atoms with E-state index in [1.807, 2.05) is 18.2 Å². The van der Waals surface area contributed by atoms with Crippen LogP contribution in [0, 0.1) is 5.82 Å². The number of anilines is 1. The van der Waals surface area contributed by atoms with Gasteiger partial charge in [-0.05, 0) is 50.1 Å². The second-order valence-electron chi connectivity index (χ2n) is 7.19. The minimum absolute atomic E-state index is 0.350. The molecule has 150 valence electrons. The number of benzene rings is 2. The third-order valence-electron chi connectivity index (χ3n) is 4.98. The fourth-order valence-electron chi connectivity index (χ4n) is 3.47. The molecule has 2 aromatic carbocycles. The number of halogens is 1. The Hall–Kier alpha value is -3.22. The van der Waals surface area contributed by atoms with Gasteiger partial charge in [-0.3, -0.25) is 4.79 Å². The van der Waals surface area contributed by atoms with Crippen LogP contribution in [0.25, 0.3) is 11.4 Å². The summed E-state index contributed by atoms with van der Waals surface area (Å²) < 4.78 is 21.3. The van der Waals surface area contributed by atoms with Crippen LogP contribution >= 0.6 is 0 Å². The molecule has 1 atom stereocenters. The molecule has 2 heterocycles. The first kappa shape index (κ1) is 19.1. The number of amides is 1. The van der Waals surface area contributed by atoms with Crippen molar-refractivity contribution in [3.63, 3.8) is 0 Å². The summed E-state index contributed by atoms with van der Waals surface area (Å²) >= 11 is 0. The van der Waals surface area contributed by atoms with Crippen molar-refractivity contribution >= 4 is 11.6 Å². The zero-order valence-electron chi connectivity index (χ0n) is 16.3. The van der Waals surface area contributed by atoms with Gasteiger partial charge in [-0.2, -0.15) is 0 Å². The molecule has 1 aliphatic rings. The highest BCUT2D eigenvalue weighted by Gasteiger charge is 2.18. The Labute approximate surface area is 168 Å². The largest absolute Gasteiger partial charge is 0.481 e. The maximum atomic E-state index is 13.3. The molecule has 0 aliphatic carbocycles. The van der Waals surface area contributed by atoms with Gasteiger partial charge in [0.1, 0.15) is 17.4 Å². The lowest BCUT2D eigenvalue weighted by molar-refractivity contribution is -0.122. The lowest BCUT2D eigenvalue weighted by Crippen LogP contribution is -2.30. The molecule has 3 aromatic rings. The number of ether oxygens (including phenoxy) is 1. The summed E-state index contributed by atoms with van der Waals surface area (Å²) in [7, 11) is 0. The number of carbonyl (C=O) groups excluding carboxylic acids is 1. The van der Waals surface area contributed by atoms with Crippen molar-refractivity contribution < 1.29 is 13.9 Å². The summed E-state index contributed by atoms with van der Waals surface area (Å²) in [5, 5.41) is 11.4. The van der Waals surface area contributed by atoms with Crippen molar-refractivity contribution in [3.05, 3.63) is 60.2 Å². The Bertz CT molecular complexity index is 1020. The van der Waals surface area contributed by atoms with Gasteiger partial charge in [-0.1, -0.05) is 24.6 Å². The molecule has 1 aromatic heterocycles. The summed E-state index contributed by atoms with van der Waals surface area (Å²) in [4.78, 5) is 12.4. The monoisotopic (exact) mass is 394 g/mol. The Morgan fingerprint density at radius 3 is 2.86 bits per heavy atom. The molecule has 1 N–H and O–H groups in total. The van der Waals surface area contributed by atoms with Gasteiger partial charge >= 0.3 is 0 Å². The van der Waals surface area contributed by atoms with Crippen LogP contribution in [0.5, 0.6) is 5.75 Å². The van der Waals surface area contributed by atoms with E-state index in [1.165, 1.54) is 18.6 Å². The van der Waals surface area contributed by atoms with Gasteiger partial charge in [0, 0.05) is 24.2 Å². The Morgan fingerprint density at radius 1 is 1.14 bits per heavy atom. The third kappa shape index (κ3) is 4.45. The number of rotatable bonds is 5. The number of nitrogens with zero attached hydrogens (tertiary/aromatic N) is 3. The molecule has 29 heavy (non-hydrogen) atoms. The van der Waals surface area contributed by atoms with Crippen LogP contribution in [0.2, 0.25) is 0 Å². The first-order valence-electron chi connectivity index (χ1n) is 9.86. The standard InChI is InChI=1S/C22H23FN4O2/c1-15(22(28)24-18-9-6-8-17(23)14-18)29-19-10-5-7-16(13-19)21-26-25-20-11-3-2-4-12-27(20)21/h5-10,13-15H,2-4,11-12H2,1H3,(H,24,28). The number of hydrogen-bond donors (Lipinski definition) is 1. The lowest BCUT2D eigenvalue weighted by Gasteiger charge is -2.15. The van der Waals surface area contributed by atoms with Gasteiger partial charge in [0.2, 0.25) is 0 Å². The number of nitrogens with one attached hydrogen (secondary N) is 1. The SMILES string of the molecule is CC(Oc1cccc(-c2nnc3n2CCCCC3)c1)C(=O)Nc1cccc(F)c1. The van der Waals surface area contributed by atoms with Crippen molar-refractivity contribution in [2.24, 2.45) is 0 Å². The molecular weight excluding hydrogens is 371 g/mol. The molecule has 0 saturated carbocycles. The fourth-order valence-corrected chi connectivity index (χ4v) is 3.47. The van der Waals surface area contributed by atoms with E-state index in [4.69, 9.17) is 4.74 Å². The third-order valence-corrected chi connectivity index (χ3v) is 4.98. The van der Waals surface area contributed by atoms with Crippen LogP contribution in [0.1, 0.15) is 32.0 Å². The second kappa shape index (κ2) is 8.43. The van der Waals surface area contributed by atoms with E-state index in [0.29, 0.717) is 11.4 Å². The van der Waals surface area contributed by atoms with Gasteiger partial charge < -0.3 is 14.6 Å². The molecule has 0 radical (unpaired) electrons. The maximum Gasteiger partial charge on any atom is 0.265 e. The molecular formula is C22H23FN4O2. The van der Waals surface area contributed by atoms with Gasteiger partial charge in [0.15, 0.2) is 11.9 Å². The van der Waals surface area contributed by atoms with E-state index in [-0.39, 0.29) is 5.91 Å². The maximum absolute atomic E-state index is 13.3. The van der Waals surface area contributed by atoms with E-state index in [9.17, 15) is 9.18 Å². The average Bonchev–Trinajstić information content (AvgIpc) is 2.96. The first-order valence-corrected chi connectivity index (χ1v) is 9.86. The molecule has 0 saturated heterocycles. The molecule has 0 fully saturated rings. The van der Waals surface area contributed by atoms with Gasteiger partial charge in [-0.25, -0.2) is 4.39 Å². The Morgan fingerprint density at radius 2 is 2.00 bits per heavy atom. The van der Waals surface area contributed by atoms with Crippen molar-refractivity contribution in [2.45, 2.75) is 45.3 Å². The summed E-state index contributed by atoms with van der Waals surface area (Å²) in [6.45, 7) is 2.57. The van der Waals surface area contributed by atoms with Crippen molar-refractivity contribution in [2.75, 3.05) is 5.32 Å². The van der Waals surface area contributed by atoms with Gasteiger partial charge in [0.25, 0.3) is 5.91 Å². The summed E-state index contributed by atoms with van der Waals surface area (Å²) in [5.41, 5.74) is 1.30. The van der Waals surface area contributed by atoms with Crippen LogP contribution < -0.4 is 10.1 Å². The minimum atomic E-state index is -0.746. The van der Waals surface area contributed by atoms with Crippen LogP contribution in [0.4, 0.5) is 10.1 Å². The van der Waals surface area contributed by atoms with E-state index in [1.54, 1.807) is 25.1 Å². The minimum Gasteiger partial charge on any atom is -0.481 e. The van der Waals surface area contributed by atoms with E-state index in [2.05, 4.69) is 20.1 Å². The van der Waals surface area contributed by atoms with Crippen molar-refractivity contribution in [1.82, 2.24) is 14.8 Å². The average molecular weight is 394 g/mol. The zero-order chi connectivity index (χ0) is 20.2. The summed E-state index contributed by atoms with van der Waals surface area (Å²) in [5.74, 6) is 1.65. The highest BCUT2D eigenvalue weighted by molar-refractivity contribution is 5.94. The first-order chi connectivity index (χ1) is 14.1. The predicted octanol–water partition coefficient (Wildman–Crippen LogP) is 4.22. The molecule has 4 rings (SSSR count). The van der Waals surface area contributed by atoms with Crippen molar-refractivity contribution in [3.8, 4) is 17.1 Å². The lowest BCUT2D eigenvalue weighted by atomic mass is 10.2. The molecule has 1 unspecified atom stereocenters. The molecule has 1 amide bonds. The summed E-state index contributed by atoms with van der Waals surface area (Å²) in [6, 6.07) is 13.3. The quantitative estimate of drug-likeness (QED) is 0.704. The van der Waals surface area contributed by atoms with E-state index >= 15 is 0 Å². The highest BCUT2D eigenvalue weighted by atomic mass is 19.1. The summed E-state index contributed by atoms with van der Waals surface area (Å²) in [6.07, 6.45) is 3.65. The van der Waals surface area contributed by atoms with Crippen molar-refractivity contribution in [1.29, 1.82) is 0 Å². The normalized spacial score (nSPS) is 14.6. The topological polar surface area (TPSA) is 69.0 Å². The fraction of sp³-hybridized carbons (Fsp3) is 0.318. The van der Waals surface area contributed by atoms with Gasteiger partial charge in [0.05, 0.1) is 0 Å². The van der Waals surface area contributed by atoms with Crippen LogP contribution in [-0.2, 0) is 17.8 Å². The van der Waals surface area contributed by atoms with Gasteiger partial charge in [-0.15, -0.1) is 10.2 Å². The van der Waals surface area contributed by atoms with Crippen LogP contribution in [0.3, 0.4) is 0 Å². The molecule has 7 heteroatoms. The Kier molecular flexibility index (Phi) is 5.55. The number of hydrogen-bond acceptors (Lipinski definition) is 4. The number of fused-ring (bicyclic) bond motifs is 1. The molecule has 6 nitrogen and oxygen atoms in total. The predicted molar refractivity (Wildman–Crippen MR) is 108 cm³/mol. The molecule has 0 bridgehead atoms. The molecule has 1 aliphatic heterocycles. The number of aryl methyl sites for hydroxylation is 1. The van der Waals surface area contributed by atoms with E-state index < -0.39 is 11.9 Å². The van der Waals surface area contributed by atoms with Crippen LogP contribution in [0.15, 0.2) is 48.5 Å². The van der Waals surface area contributed by atoms with Crippen LogP contribution in [-0.4, -0.2) is 26.8 Å². The Balaban J connectivity index is 1.48. The second-order valence-corrected chi connectivity index (χ2v) is 7.19. The zero-order valence-corrected chi connectivity index (χ0v) is 16.3. The number of carbonyl (C=O) groups is 1. The molecule has 0 spiro atoms. The van der Waals surface area contributed by atoms with E-state index in [0.717, 1.165) is 43.0 Å².